The number of nitrogens with zero attached hydrogens (tertiary/aromatic N) is 1. The van der Waals surface area contributed by atoms with E-state index in [0.717, 1.165) is 27.9 Å². The average molecular weight is 402 g/mol. The van der Waals surface area contributed by atoms with Crippen LogP contribution >= 0.6 is 0 Å². The van der Waals surface area contributed by atoms with Gasteiger partial charge in [-0.2, -0.15) is 0 Å². The molecule has 4 aromatic rings. The zero-order valence-electron chi connectivity index (χ0n) is 16.9. The summed E-state index contributed by atoms with van der Waals surface area (Å²) in [5.74, 6) is 0.869. The Morgan fingerprint density at radius 3 is 2.30 bits per heavy atom. The highest BCUT2D eigenvalue weighted by Crippen LogP contribution is 2.37. The highest BCUT2D eigenvalue weighted by molar-refractivity contribution is 6.04. The summed E-state index contributed by atoms with van der Waals surface area (Å²) < 4.78 is 10.6. The van der Waals surface area contributed by atoms with Gasteiger partial charge >= 0.3 is 6.03 Å². The molecule has 0 spiro atoms. The Hall–Kier alpha value is -4.00. The highest BCUT2D eigenvalue weighted by Gasteiger charge is 2.16. The molecule has 0 saturated carbocycles. The van der Waals surface area contributed by atoms with Gasteiger partial charge in [-0.15, -0.1) is 0 Å². The molecule has 2 amide bonds. The van der Waals surface area contributed by atoms with Gasteiger partial charge in [0.1, 0.15) is 0 Å². The summed E-state index contributed by atoms with van der Waals surface area (Å²) in [6.45, 7) is 3.99. The first-order chi connectivity index (χ1) is 14.4. The number of rotatable bonds is 4. The van der Waals surface area contributed by atoms with E-state index < -0.39 is 0 Å². The summed E-state index contributed by atoms with van der Waals surface area (Å²) in [7, 11) is 1.57. The molecule has 4 N–H and O–H groups in total. The second-order valence-corrected chi connectivity index (χ2v) is 7.12. The second-order valence-electron chi connectivity index (χ2n) is 7.12. The molecule has 0 unspecified atom stereocenters. The Morgan fingerprint density at radius 1 is 0.967 bits per heavy atom. The van der Waals surface area contributed by atoms with Gasteiger partial charge in [0.15, 0.2) is 11.6 Å². The number of ether oxygens (including phenoxy) is 1. The van der Waals surface area contributed by atoms with Gasteiger partial charge < -0.3 is 25.6 Å². The molecule has 1 heterocycles. The molecule has 0 saturated heterocycles. The molecule has 0 radical (unpaired) electrons. The van der Waals surface area contributed by atoms with E-state index in [1.807, 2.05) is 62.4 Å². The Labute approximate surface area is 173 Å². The Morgan fingerprint density at radius 2 is 1.63 bits per heavy atom. The third-order valence-corrected chi connectivity index (χ3v) is 4.77. The van der Waals surface area contributed by atoms with Crippen LogP contribution in [0.4, 0.5) is 22.0 Å². The van der Waals surface area contributed by atoms with Crippen LogP contribution in [0.25, 0.3) is 22.1 Å². The van der Waals surface area contributed by atoms with Crippen molar-refractivity contribution in [2.24, 2.45) is 0 Å². The Balaban J connectivity index is 1.54. The van der Waals surface area contributed by atoms with E-state index in [-0.39, 0.29) is 6.03 Å². The number of hydrogen-bond donors (Lipinski definition) is 3. The number of carbonyl (C=O) groups is 1. The van der Waals surface area contributed by atoms with Crippen LogP contribution in [0.1, 0.15) is 11.1 Å². The first kappa shape index (κ1) is 19.3. The lowest BCUT2D eigenvalue weighted by Crippen LogP contribution is -2.19. The van der Waals surface area contributed by atoms with E-state index in [1.165, 1.54) is 0 Å². The summed E-state index contributed by atoms with van der Waals surface area (Å²) in [5, 5.41) is 10.3. The molecular weight excluding hydrogens is 380 g/mol. The molecule has 0 aliphatic heterocycles. The van der Waals surface area contributed by atoms with E-state index in [1.54, 1.807) is 7.11 Å². The number of aromatic nitrogens is 1. The van der Waals surface area contributed by atoms with Gasteiger partial charge in [0, 0.05) is 11.4 Å². The fraction of sp³-hybridized carbons (Fsp3) is 0.130. The molecule has 0 aliphatic carbocycles. The van der Waals surface area contributed by atoms with Crippen molar-refractivity contribution in [3.8, 4) is 16.9 Å². The third-order valence-electron chi connectivity index (χ3n) is 4.77. The molecule has 4 rings (SSSR count). The van der Waals surface area contributed by atoms with E-state index >= 15 is 0 Å². The quantitative estimate of drug-likeness (QED) is 0.427. The topological polar surface area (TPSA) is 102 Å². The van der Waals surface area contributed by atoms with Gasteiger partial charge in [-0.25, -0.2) is 4.79 Å². The van der Waals surface area contributed by atoms with Gasteiger partial charge in [0.05, 0.1) is 12.5 Å². The number of aryl methyl sites for hydroxylation is 2. The van der Waals surface area contributed by atoms with Crippen LogP contribution in [0.5, 0.6) is 5.75 Å². The van der Waals surface area contributed by atoms with Crippen LogP contribution in [-0.2, 0) is 0 Å². The molecule has 3 aromatic carbocycles. The van der Waals surface area contributed by atoms with Gasteiger partial charge in [0.25, 0.3) is 0 Å². The number of nitrogens with one attached hydrogen (secondary N) is 2. The predicted octanol–water partition coefficient (Wildman–Crippen LogP) is 5.35. The number of nitrogen functional groups attached to an aromatic ring is 1. The minimum atomic E-state index is -0.303. The SMILES string of the molecule is COc1ccc(-c2ccc(NC(=O)Nc3cc(C)cc(C)c3)cc2)c2c(N)noc12. The number of fused-ring (bicyclic) bond motifs is 1. The minimum absolute atomic E-state index is 0.300. The molecule has 1 aromatic heterocycles. The average Bonchev–Trinajstić information content (AvgIpc) is 3.09. The zero-order valence-corrected chi connectivity index (χ0v) is 16.9. The maximum Gasteiger partial charge on any atom is 0.323 e. The molecule has 0 atom stereocenters. The summed E-state index contributed by atoms with van der Waals surface area (Å²) in [4.78, 5) is 12.3. The normalized spacial score (nSPS) is 10.8. The van der Waals surface area contributed by atoms with E-state index in [4.69, 9.17) is 15.0 Å². The standard InChI is InChI=1S/C23H22N4O3/c1-13-10-14(2)12-17(11-13)26-23(28)25-16-6-4-15(5-7-16)18-8-9-19(29-3)21-20(18)22(24)27-30-21/h4-12H,1-3H3,(H2,24,27)(H2,25,26,28). The first-order valence-electron chi connectivity index (χ1n) is 9.43. The largest absolute Gasteiger partial charge is 0.493 e. The lowest BCUT2D eigenvalue weighted by atomic mass is 10.0. The van der Waals surface area contributed by atoms with Crippen molar-refractivity contribution in [3.63, 3.8) is 0 Å². The van der Waals surface area contributed by atoms with Gasteiger partial charge in [0.2, 0.25) is 5.58 Å². The molecule has 152 valence electrons. The molecule has 0 bridgehead atoms. The zero-order chi connectivity index (χ0) is 21.3. The molecule has 30 heavy (non-hydrogen) atoms. The van der Waals surface area contributed by atoms with Crippen LogP contribution in [0, 0.1) is 13.8 Å². The van der Waals surface area contributed by atoms with Crippen molar-refractivity contribution in [3.05, 3.63) is 65.7 Å². The van der Waals surface area contributed by atoms with Crippen LogP contribution in [0.3, 0.4) is 0 Å². The van der Waals surface area contributed by atoms with Crippen molar-refractivity contribution >= 4 is 34.2 Å². The van der Waals surface area contributed by atoms with Crippen LogP contribution in [0.15, 0.2) is 59.1 Å². The maximum absolute atomic E-state index is 12.3. The molecule has 7 nitrogen and oxygen atoms in total. The number of anilines is 3. The van der Waals surface area contributed by atoms with Crippen molar-refractivity contribution in [2.45, 2.75) is 13.8 Å². The van der Waals surface area contributed by atoms with Crippen molar-refractivity contribution in [1.82, 2.24) is 5.16 Å². The second kappa shape index (κ2) is 7.79. The number of amides is 2. The number of hydrogen-bond acceptors (Lipinski definition) is 5. The van der Waals surface area contributed by atoms with E-state index in [0.29, 0.717) is 28.2 Å². The summed E-state index contributed by atoms with van der Waals surface area (Å²) >= 11 is 0. The lowest BCUT2D eigenvalue weighted by molar-refractivity contribution is 0.262. The van der Waals surface area contributed by atoms with E-state index in [9.17, 15) is 4.79 Å². The van der Waals surface area contributed by atoms with Crippen LogP contribution in [0.2, 0.25) is 0 Å². The monoisotopic (exact) mass is 402 g/mol. The smallest absolute Gasteiger partial charge is 0.323 e. The van der Waals surface area contributed by atoms with Crippen LogP contribution < -0.4 is 21.1 Å². The molecule has 7 heteroatoms. The predicted molar refractivity (Wildman–Crippen MR) is 119 cm³/mol. The molecular formula is C23H22N4O3. The number of methoxy groups -OCH3 is 1. The highest BCUT2D eigenvalue weighted by atomic mass is 16.5. The van der Waals surface area contributed by atoms with Crippen LogP contribution in [-0.4, -0.2) is 18.3 Å². The summed E-state index contributed by atoms with van der Waals surface area (Å²) in [6.07, 6.45) is 0. The number of carbonyl (C=O) groups excluding carboxylic acids is 1. The Bertz CT molecular complexity index is 1210. The number of urea groups is 1. The van der Waals surface area contributed by atoms with Crippen molar-refractivity contribution in [2.75, 3.05) is 23.5 Å². The van der Waals surface area contributed by atoms with Crippen molar-refractivity contribution in [1.29, 1.82) is 0 Å². The lowest BCUT2D eigenvalue weighted by Gasteiger charge is -2.10. The summed E-state index contributed by atoms with van der Waals surface area (Å²) in [5.41, 5.74) is 11.9. The maximum atomic E-state index is 12.3. The van der Waals surface area contributed by atoms with Gasteiger partial charge in [-0.05, 0) is 72.5 Å². The minimum Gasteiger partial charge on any atom is -0.493 e. The number of benzene rings is 3. The number of nitrogens with two attached hydrogens (primary N) is 1. The van der Waals surface area contributed by atoms with Crippen molar-refractivity contribution < 1.29 is 14.1 Å². The fourth-order valence-corrected chi connectivity index (χ4v) is 3.52. The third kappa shape index (κ3) is 3.77. The van der Waals surface area contributed by atoms with Gasteiger partial charge in [-0.1, -0.05) is 23.4 Å². The summed E-state index contributed by atoms with van der Waals surface area (Å²) in [6, 6.07) is 16.8. The molecule has 0 aliphatic rings. The Kier molecular flexibility index (Phi) is 5.02. The fourth-order valence-electron chi connectivity index (χ4n) is 3.52. The van der Waals surface area contributed by atoms with Gasteiger partial charge in [-0.3, -0.25) is 0 Å². The van der Waals surface area contributed by atoms with E-state index in [2.05, 4.69) is 21.9 Å². The first-order valence-corrected chi connectivity index (χ1v) is 9.43. The molecule has 0 fully saturated rings.